The molecule has 0 amide bonds. The Morgan fingerprint density at radius 1 is 1.23 bits per heavy atom. The molecule has 0 aromatic heterocycles. The van der Waals surface area contributed by atoms with Crippen LogP contribution in [0.4, 0.5) is 0 Å². The van der Waals surface area contributed by atoms with E-state index < -0.39 is 10.2 Å². The third-order valence-corrected chi connectivity index (χ3v) is 3.47. The molecule has 0 aromatic rings. The second-order valence-electron chi connectivity index (χ2n) is 3.33. The van der Waals surface area contributed by atoms with Gasteiger partial charge in [-0.3, -0.25) is 0 Å². The Balaban J connectivity index is 2.39. The van der Waals surface area contributed by atoms with E-state index in [1.807, 2.05) is 0 Å². The van der Waals surface area contributed by atoms with E-state index in [1.54, 1.807) is 0 Å². The van der Waals surface area contributed by atoms with Crippen LogP contribution in [0, 0.1) is 0 Å². The molecule has 1 saturated carbocycles. The summed E-state index contributed by atoms with van der Waals surface area (Å²) >= 11 is 0. The van der Waals surface area contributed by atoms with Crippen molar-refractivity contribution in [2.45, 2.75) is 37.8 Å². The molecule has 5 nitrogen and oxygen atoms in total. The van der Waals surface area contributed by atoms with Crippen LogP contribution in [0.2, 0.25) is 0 Å². The van der Waals surface area contributed by atoms with E-state index in [-0.39, 0.29) is 12.1 Å². The van der Waals surface area contributed by atoms with Gasteiger partial charge in [0.1, 0.15) is 0 Å². The van der Waals surface area contributed by atoms with E-state index in [0.717, 1.165) is 0 Å². The lowest BCUT2D eigenvalue weighted by molar-refractivity contribution is 0.120. The summed E-state index contributed by atoms with van der Waals surface area (Å²) in [4.78, 5) is 0. The van der Waals surface area contributed by atoms with Crippen molar-refractivity contribution in [2.75, 3.05) is 7.05 Å². The summed E-state index contributed by atoms with van der Waals surface area (Å²) in [5.74, 6) is 0. The van der Waals surface area contributed by atoms with Crippen LogP contribution in [0.3, 0.4) is 0 Å². The minimum absolute atomic E-state index is 0.0270. The van der Waals surface area contributed by atoms with Crippen molar-refractivity contribution in [1.82, 2.24) is 9.44 Å². The number of aliphatic hydroxyl groups is 1. The zero-order chi connectivity index (χ0) is 9.90. The highest BCUT2D eigenvalue weighted by atomic mass is 32.2. The van der Waals surface area contributed by atoms with Gasteiger partial charge >= 0.3 is 0 Å². The molecule has 0 atom stereocenters. The molecule has 1 aliphatic carbocycles. The molecule has 3 N–H and O–H groups in total. The normalized spacial score (nSPS) is 30.3. The minimum Gasteiger partial charge on any atom is -0.393 e. The Bertz CT molecular complexity index is 244. The summed E-state index contributed by atoms with van der Waals surface area (Å²) in [6, 6.07) is -0.0270. The van der Waals surface area contributed by atoms with Crippen LogP contribution >= 0.6 is 0 Å². The van der Waals surface area contributed by atoms with Gasteiger partial charge in [-0.25, -0.2) is 4.72 Å². The summed E-state index contributed by atoms with van der Waals surface area (Å²) in [6.45, 7) is 0. The quantitative estimate of drug-likeness (QED) is 0.576. The van der Waals surface area contributed by atoms with Crippen LogP contribution in [-0.4, -0.2) is 32.7 Å². The fourth-order valence-electron chi connectivity index (χ4n) is 1.47. The van der Waals surface area contributed by atoms with Gasteiger partial charge in [-0.05, 0) is 25.7 Å². The fraction of sp³-hybridized carbons (Fsp3) is 1.00. The smallest absolute Gasteiger partial charge is 0.276 e. The zero-order valence-electron chi connectivity index (χ0n) is 7.66. The van der Waals surface area contributed by atoms with Gasteiger partial charge in [0.25, 0.3) is 10.2 Å². The maximum absolute atomic E-state index is 11.1. The lowest BCUT2D eigenvalue weighted by Gasteiger charge is -2.25. The van der Waals surface area contributed by atoms with E-state index in [0.29, 0.717) is 25.7 Å². The molecule has 0 spiro atoms. The first-order chi connectivity index (χ1) is 6.03. The maximum atomic E-state index is 11.1. The van der Waals surface area contributed by atoms with Crippen molar-refractivity contribution in [1.29, 1.82) is 0 Å². The van der Waals surface area contributed by atoms with Gasteiger partial charge in [-0.2, -0.15) is 13.1 Å². The summed E-state index contributed by atoms with van der Waals surface area (Å²) in [6.07, 6.45) is 2.52. The van der Waals surface area contributed by atoms with Crippen molar-refractivity contribution >= 4 is 10.2 Å². The summed E-state index contributed by atoms with van der Waals surface area (Å²) in [7, 11) is -1.94. The molecule has 1 aliphatic rings. The lowest BCUT2D eigenvalue weighted by Crippen LogP contribution is -2.43. The molecule has 1 fully saturated rings. The highest BCUT2D eigenvalue weighted by molar-refractivity contribution is 7.87. The van der Waals surface area contributed by atoms with Gasteiger partial charge < -0.3 is 5.11 Å². The van der Waals surface area contributed by atoms with Crippen molar-refractivity contribution < 1.29 is 13.5 Å². The molecule has 78 valence electrons. The third-order valence-electron chi connectivity index (χ3n) is 2.29. The van der Waals surface area contributed by atoms with Gasteiger partial charge in [0.05, 0.1) is 6.10 Å². The number of hydrogen-bond donors (Lipinski definition) is 3. The van der Waals surface area contributed by atoms with Crippen molar-refractivity contribution in [3.63, 3.8) is 0 Å². The summed E-state index contributed by atoms with van der Waals surface area (Å²) < 4.78 is 26.8. The molecule has 6 heteroatoms. The number of nitrogens with one attached hydrogen (secondary N) is 2. The topological polar surface area (TPSA) is 78.4 Å². The van der Waals surface area contributed by atoms with E-state index in [4.69, 9.17) is 0 Å². The predicted octanol–water partition coefficient (Wildman–Crippen LogP) is -0.656. The third kappa shape index (κ3) is 3.60. The Kier molecular flexibility index (Phi) is 3.66. The van der Waals surface area contributed by atoms with Crippen molar-refractivity contribution in [3.05, 3.63) is 0 Å². The Hall–Kier alpha value is -0.170. The van der Waals surface area contributed by atoms with E-state index >= 15 is 0 Å². The molecular formula is C7H16N2O3S. The summed E-state index contributed by atoms with van der Waals surface area (Å²) in [5.41, 5.74) is 0. The molecule has 1 rings (SSSR count). The molecule has 13 heavy (non-hydrogen) atoms. The molecule has 0 heterocycles. The summed E-state index contributed by atoms with van der Waals surface area (Å²) in [5, 5.41) is 9.19. The van der Waals surface area contributed by atoms with Gasteiger partial charge in [-0.1, -0.05) is 0 Å². The van der Waals surface area contributed by atoms with Gasteiger partial charge in [0, 0.05) is 13.1 Å². The minimum atomic E-state index is -3.32. The van der Waals surface area contributed by atoms with Crippen LogP contribution < -0.4 is 9.44 Å². The second-order valence-corrected chi connectivity index (χ2v) is 4.98. The first-order valence-electron chi connectivity index (χ1n) is 4.42. The van der Waals surface area contributed by atoms with Gasteiger partial charge in [0.15, 0.2) is 0 Å². The zero-order valence-corrected chi connectivity index (χ0v) is 8.47. The second kappa shape index (κ2) is 4.36. The number of aliphatic hydroxyl groups excluding tert-OH is 1. The van der Waals surface area contributed by atoms with Crippen molar-refractivity contribution in [3.8, 4) is 0 Å². The van der Waals surface area contributed by atoms with Gasteiger partial charge in [0.2, 0.25) is 0 Å². The molecule has 0 aliphatic heterocycles. The molecule has 0 bridgehead atoms. The van der Waals surface area contributed by atoms with Crippen LogP contribution in [0.1, 0.15) is 25.7 Å². The number of hydrogen-bond acceptors (Lipinski definition) is 3. The number of rotatable bonds is 3. The maximum Gasteiger partial charge on any atom is 0.276 e. The molecule has 0 unspecified atom stereocenters. The Morgan fingerprint density at radius 2 is 1.77 bits per heavy atom. The molecule has 0 aromatic carbocycles. The van der Waals surface area contributed by atoms with Crippen molar-refractivity contribution in [2.24, 2.45) is 0 Å². The largest absolute Gasteiger partial charge is 0.393 e. The fourth-order valence-corrected chi connectivity index (χ4v) is 2.26. The monoisotopic (exact) mass is 208 g/mol. The van der Waals surface area contributed by atoms with Crippen LogP contribution in [0.5, 0.6) is 0 Å². The van der Waals surface area contributed by atoms with E-state index in [2.05, 4.69) is 9.44 Å². The molecule has 0 radical (unpaired) electrons. The average molecular weight is 208 g/mol. The molecular weight excluding hydrogens is 192 g/mol. The van der Waals surface area contributed by atoms with Crippen LogP contribution in [0.15, 0.2) is 0 Å². The van der Waals surface area contributed by atoms with E-state index in [1.165, 1.54) is 7.05 Å². The Labute approximate surface area is 78.7 Å². The van der Waals surface area contributed by atoms with Crippen LogP contribution in [0.25, 0.3) is 0 Å². The first kappa shape index (κ1) is 10.9. The highest BCUT2D eigenvalue weighted by Gasteiger charge is 2.22. The standard InChI is InChI=1S/C7H16N2O3S/c1-8-13(11,12)9-6-2-4-7(10)5-3-6/h6-10H,2-5H2,1H3. The average Bonchev–Trinajstić information content (AvgIpc) is 2.09. The lowest BCUT2D eigenvalue weighted by atomic mass is 9.94. The SMILES string of the molecule is CNS(=O)(=O)NC1CCC(O)CC1. The predicted molar refractivity (Wildman–Crippen MR) is 49.4 cm³/mol. The first-order valence-corrected chi connectivity index (χ1v) is 5.90. The Morgan fingerprint density at radius 3 is 2.23 bits per heavy atom. The molecule has 0 saturated heterocycles. The van der Waals surface area contributed by atoms with Crippen LogP contribution in [-0.2, 0) is 10.2 Å². The van der Waals surface area contributed by atoms with E-state index in [9.17, 15) is 13.5 Å². The highest BCUT2D eigenvalue weighted by Crippen LogP contribution is 2.18. The van der Waals surface area contributed by atoms with Gasteiger partial charge in [-0.15, -0.1) is 0 Å².